The van der Waals surface area contributed by atoms with Gasteiger partial charge in [-0.2, -0.15) is 0 Å². The van der Waals surface area contributed by atoms with Gasteiger partial charge in [-0.15, -0.1) is 0 Å². The van der Waals surface area contributed by atoms with Crippen LogP contribution in [0.1, 0.15) is 43.5 Å². The summed E-state index contributed by atoms with van der Waals surface area (Å²) in [5.41, 5.74) is 2.26. The number of piperidine rings is 1. The molecule has 4 rings (SSSR count). The first-order valence-corrected chi connectivity index (χ1v) is 11.6. The number of allylic oxidation sites excluding steroid dienone is 2. The van der Waals surface area contributed by atoms with E-state index < -0.39 is 0 Å². The molecule has 0 bridgehead atoms. The van der Waals surface area contributed by atoms with Crippen molar-refractivity contribution in [2.45, 2.75) is 39.2 Å². The van der Waals surface area contributed by atoms with Crippen molar-refractivity contribution in [3.8, 4) is 5.88 Å². The molecule has 2 fully saturated rings. The Bertz CT molecular complexity index is 883. The van der Waals surface area contributed by atoms with Crippen molar-refractivity contribution < 1.29 is 14.3 Å². The molecule has 1 aromatic rings. The number of hydrogen-bond acceptors (Lipinski definition) is 5. The maximum absolute atomic E-state index is 13.0. The minimum absolute atomic E-state index is 0.102. The van der Waals surface area contributed by atoms with Crippen LogP contribution in [0.25, 0.3) is 0 Å². The summed E-state index contributed by atoms with van der Waals surface area (Å²) in [7, 11) is 1.58. The molecule has 2 aliphatic heterocycles. The maximum Gasteiger partial charge on any atom is 0.254 e. The van der Waals surface area contributed by atoms with E-state index in [9.17, 15) is 9.59 Å². The third-order valence-electron chi connectivity index (χ3n) is 5.81. The van der Waals surface area contributed by atoms with Crippen LogP contribution in [0.15, 0.2) is 53.8 Å². The Kier molecular flexibility index (Phi) is 8.62. The number of carbonyl (C=O) groups is 2. The molecular weight excluding hydrogens is 404 g/mol. The third kappa shape index (κ3) is 5.85. The van der Waals surface area contributed by atoms with E-state index in [1.807, 2.05) is 43.1 Å². The van der Waals surface area contributed by atoms with Gasteiger partial charge in [0.2, 0.25) is 5.88 Å². The van der Waals surface area contributed by atoms with E-state index in [0.29, 0.717) is 11.4 Å². The Hall–Kier alpha value is -2.93. The smallest absolute Gasteiger partial charge is 0.254 e. The summed E-state index contributed by atoms with van der Waals surface area (Å²) in [5, 5.41) is 2.57. The van der Waals surface area contributed by atoms with Gasteiger partial charge in [0, 0.05) is 44.5 Å². The van der Waals surface area contributed by atoms with Gasteiger partial charge in [-0.1, -0.05) is 19.9 Å². The molecule has 1 aromatic heterocycles. The van der Waals surface area contributed by atoms with Crippen molar-refractivity contribution in [2.24, 2.45) is 0 Å². The zero-order chi connectivity index (χ0) is 22.9. The van der Waals surface area contributed by atoms with Crippen LogP contribution in [0.3, 0.4) is 0 Å². The SMILES string of the molecule is CC.CNC(=O)c1ccc(OC2C=CC=C3C(=O)N(CCN4CCCC4)CCC3=C2)nc1. The van der Waals surface area contributed by atoms with Crippen LogP contribution >= 0.6 is 0 Å². The highest BCUT2D eigenvalue weighted by Crippen LogP contribution is 2.27. The lowest BCUT2D eigenvalue weighted by Gasteiger charge is -2.31. The number of fused-ring (bicyclic) bond motifs is 1. The Morgan fingerprint density at radius 3 is 2.66 bits per heavy atom. The molecule has 3 aliphatic rings. The topological polar surface area (TPSA) is 74.8 Å². The summed E-state index contributed by atoms with van der Waals surface area (Å²) >= 11 is 0. The van der Waals surface area contributed by atoms with Crippen LogP contribution in [-0.4, -0.2) is 72.5 Å². The molecule has 1 aliphatic carbocycles. The lowest BCUT2D eigenvalue weighted by Crippen LogP contribution is -2.42. The molecule has 172 valence electrons. The lowest BCUT2D eigenvalue weighted by atomic mass is 9.96. The Morgan fingerprint density at radius 2 is 1.97 bits per heavy atom. The largest absolute Gasteiger partial charge is 0.466 e. The highest BCUT2D eigenvalue weighted by molar-refractivity contribution is 5.99. The number of hydrogen-bond donors (Lipinski definition) is 1. The van der Waals surface area contributed by atoms with E-state index in [1.165, 1.54) is 19.0 Å². The lowest BCUT2D eigenvalue weighted by molar-refractivity contribution is -0.127. The second-order valence-electron chi connectivity index (χ2n) is 7.79. The van der Waals surface area contributed by atoms with E-state index in [0.717, 1.165) is 50.3 Å². The molecule has 0 spiro atoms. The summed E-state index contributed by atoms with van der Waals surface area (Å²) in [6.45, 7) is 8.78. The molecule has 0 saturated carbocycles. The number of amides is 2. The maximum atomic E-state index is 13.0. The van der Waals surface area contributed by atoms with Gasteiger partial charge >= 0.3 is 0 Å². The molecule has 7 nitrogen and oxygen atoms in total. The molecule has 3 heterocycles. The highest BCUT2D eigenvalue weighted by Gasteiger charge is 2.28. The molecular formula is C25H34N4O3. The second-order valence-corrected chi connectivity index (χ2v) is 7.79. The minimum atomic E-state index is -0.309. The first-order chi connectivity index (χ1) is 15.6. The van der Waals surface area contributed by atoms with Crippen molar-refractivity contribution in [2.75, 3.05) is 39.8 Å². The Balaban J connectivity index is 0.00000141. The fraction of sp³-hybridized carbons (Fsp3) is 0.480. The Morgan fingerprint density at radius 1 is 1.19 bits per heavy atom. The first kappa shape index (κ1) is 23.7. The number of nitrogens with zero attached hydrogens (tertiary/aromatic N) is 3. The Labute approximate surface area is 190 Å². The van der Waals surface area contributed by atoms with E-state index in [1.54, 1.807) is 19.2 Å². The van der Waals surface area contributed by atoms with E-state index in [4.69, 9.17) is 4.74 Å². The minimum Gasteiger partial charge on any atom is -0.466 e. The standard InChI is InChI=1S/C23H28N4O3.C2H6/c1-24-22(28)18-7-8-21(25-16-18)30-19-5-4-6-20-17(15-19)9-12-27(23(20)29)14-13-26-10-2-3-11-26;1-2/h4-8,15-16,19H,2-3,9-14H2,1H3,(H,24,28);1-2H3. The van der Waals surface area contributed by atoms with Gasteiger partial charge in [-0.25, -0.2) is 4.98 Å². The molecule has 2 amide bonds. The van der Waals surface area contributed by atoms with Crippen molar-refractivity contribution in [3.63, 3.8) is 0 Å². The number of carbonyl (C=O) groups excluding carboxylic acids is 2. The van der Waals surface area contributed by atoms with Gasteiger partial charge in [-0.3, -0.25) is 9.59 Å². The number of rotatable bonds is 6. The van der Waals surface area contributed by atoms with E-state index in [2.05, 4.69) is 15.2 Å². The van der Waals surface area contributed by atoms with Crippen molar-refractivity contribution in [3.05, 3.63) is 59.3 Å². The summed E-state index contributed by atoms with van der Waals surface area (Å²) < 4.78 is 5.96. The fourth-order valence-electron chi connectivity index (χ4n) is 4.09. The normalized spacial score (nSPS) is 20.4. The predicted molar refractivity (Wildman–Crippen MR) is 126 cm³/mol. The van der Waals surface area contributed by atoms with Crippen LogP contribution < -0.4 is 10.1 Å². The average Bonchev–Trinajstić information content (AvgIpc) is 3.26. The van der Waals surface area contributed by atoms with Gasteiger partial charge in [0.25, 0.3) is 11.8 Å². The van der Waals surface area contributed by atoms with Gasteiger partial charge in [0.15, 0.2) is 0 Å². The van der Waals surface area contributed by atoms with Gasteiger partial charge < -0.3 is 19.9 Å². The third-order valence-corrected chi connectivity index (χ3v) is 5.81. The van der Waals surface area contributed by atoms with Crippen molar-refractivity contribution in [1.29, 1.82) is 0 Å². The number of aromatic nitrogens is 1. The zero-order valence-corrected chi connectivity index (χ0v) is 19.3. The van der Waals surface area contributed by atoms with Crippen LogP contribution in [-0.2, 0) is 4.79 Å². The highest BCUT2D eigenvalue weighted by atomic mass is 16.5. The number of ether oxygens (including phenoxy) is 1. The molecule has 1 N–H and O–H groups in total. The number of nitrogens with one attached hydrogen (secondary N) is 1. The van der Waals surface area contributed by atoms with Gasteiger partial charge in [0.05, 0.1) is 5.56 Å². The monoisotopic (exact) mass is 438 g/mol. The molecule has 0 aromatic carbocycles. The summed E-state index contributed by atoms with van der Waals surface area (Å²) in [4.78, 5) is 33.3. The van der Waals surface area contributed by atoms with Crippen LogP contribution in [0, 0.1) is 0 Å². The number of pyridine rings is 1. The van der Waals surface area contributed by atoms with E-state index >= 15 is 0 Å². The zero-order valence-electron chi connectivity index (χ0n) is 19.3. The van der Waals surface area contributed by atoms with Crippen LogP contribution in [0.4, 0.5) is 0 Å². The summed E-state index contributed by atoms with van der Waals surface area (Å²) in [5.74, 6) is 0.353. The quantitative estimate of drug-likeness (QED) is 0.739. The number of likely N-dealkylation sites (tertiary alicyclic amines) is 2. The molecule has 0 radical (unpaired) electrons. The molecule has 1 atom stereocenters. The second kappa shape index (κ2) is 11.6. The van der Waals surface area contributed by atoms with Gasteiger partial charge in [0.1, 0.15) is 6.10 Å². The van der Waals surface area contributed by atoms with Crippen molar-refractivity contribution >= 4 is 11.8 Å². The van der Waals surface area contributed by atoms with Crippen LogP contribution in [0.5, 0.6) is 5.88 Å². The first-order valence-electron chi connectivity index (χ1n) is 11.6. The summed E-state index contributed by atoms with van der Waals surface area (Å²) in [6, 6.07) is 3.36. The molecule has 32 heavy (non-hydrogen) atoms. The molecule has 2 saturated heterocycles. The van der Waals surface area contributed by atoms with E-state index in [-0.39, 0.29) is 17.9 Å². The molecule has 7 heteroatoms. The average molecular weight is 439 g/mol. The fourth-order valence-corrected chi connectivity index (χ4v) is 4.09. The predicted octanol–water partition coefficient (Wildman–Crippen LogP) is 2.97. The van der Waals surface area contributed by atoms with Crippen LogP contribution in [0.2, 0.25) is 0 Å². The molecule has 1 unspecified atom stereocenters. The summed E-state index contributed by atoms with van der Waals surface area (Å²) in [6.07, 6.45) is 12.2. The van der Waals surface area contributed by atoms with Gasteiger partial charge in [-0.05, 0) is 62.2 Å². The van der Waals surface area contributed by atoms with Crippen molar-refractivity contribution in [1.82, 2.24) is 20.1 Å².